The molecule has 1 aromatic rings. The first-order chi connectivity index (χ1) is 10.7. The van der Waals surface area contributed by atoms with E-state index in [4.69, 9.17) is 0 Å². The lowest BCUT2D eigenvalue weighted by Gasteiger charge is -2.27. The largest absolute Gasteiger partial charge is 0.358 e. The highest BCUT2D eigenvalue weighted by molar-refractivity contribution is 5.86. The summed E-state index contributed by atoms with van der Waals surface area (Å²) < 4.78 is 0. The summed E-state index contributed by atoms with van der Waals surface area (Å²) >= 11 is 0. The summed E-state index contributed by atoms with van der Waals surface area (Å²) in [6, 6.07) is 1.82. The number of amides is 1. The molecule has 0 saturated carbocycles. The van der Waals surface area contributed by atoms with Crippen molar-refractivity contribution in [2.45, 2.75) is 45.1 Å². The zero-order valence-corrected chi connectivity index (χ0v) is 13.5. The van der Waals surface area contributed by atoms with E-state index in [0.717, 1.165) is 49.9 Å². The van der Waals surface area contributed by atoms with Crippen LogP contribution in [0.5, 0.6) is 0 Å². The lowest BCUT2D eigenvalue weighted by molar-refractivity contribution is -0.127. The minimum Gasteiger partial charge on any atom is -0.358 e. The molecule has 1 N–H and O–H groups in total. The van der Waals surface area contributed by atoms with Crippen molar-refractivity contribution in [3.05, 3.63) is 11.8 Å². The average Bonchev–Trinajstić information content (AvgIpc) is 2.87. The Morgan fingerprint density at radius 1 is 1.23 bits per heavy atom. The molecule has 0 bridgehead atoms. The van der Waals surface area contributed by atoms with E-state index < -0.39 is 0 Å². The van der Waals surface area contributed by atoms with E-state index >= 15 is 0 Å². The van der Waals surface area contributed by atoms with Crippen LogP contribution in [0.1, 0.15) is 38.3 Å². The van der Waals surface area contributed by atoms with Crippen LogP contribution >= 0.6 is 0 Å². The van der Waals surface area contributed by atoms with Gasteiger partial charge in [-0.05, 0) is 32.1 Å². The molecule has 120 valence electrons. The third-order valence-corrected chi connectivity index (χ3v) is 4.52. The summed E-state index contributed by atoms with van der Waals surface area (Å²) in [5.74, 6) is 1.73. The molecule has 0 aromatic carbocycles. The maximum atomic E-state index is 12.1. The van der Waals surface area contributed by atoms with Crippen LogP contribution in [0.25, 0.3) is 0 Å². The highest BCUT2D eigenvalue weighted by Gasteiger charge is 2.29. The maximum Gasteiger partial charge on any atom is 0.244 e. The number of piperidine rings is 1. The van der Waals surface area contributed by atoms with Crippen molar-refractivity contribution >= 4 is 17.7 Å². The quantitative estimate of drug-likeness (QED) is 0.917. The summed E-state index contributed by atoms with van der Waals surface area (Å²) in [4.78, 5) is 25.4. The van der Waals surface area contributed by atoms with E-state index in [1.165, 1.54) is 19.3 Å². The highest BCUT2D eigenvalue weighted by Crippen LogP contribution is 2.21. The average molecular weight is 303 g/mol. The molecule has 2 fully saturated rings. The van der Waals surface area contributed by atoms with Crippen LogP contribution in [0.4, 0.5) is 11.8 Å². The second-order valence-electron chi connectivity index (χ2n) is 6.19. The standard InChI is InChI=1S/C16H25N5O/c1-3-12-11-14(18-13-7-10-20(2)15(13)22)19-16(17-12)21-8-5-4-6-9-21/h11,13H,3-10H2,1-2H3,(H,17,18,19). The molecule has 3 heterocycles. The fourth-order valence-corrected chi connectivity index (χ4v) is 3.11. The highest BCUT2D eigenvalue weighted by atomic mass is 16.2. The van der Waals surface area contributed by atoms with Gasteiger partial charge in [0.2, 0.25) is 11.9 Å². The third-order valence-electron chi connectivity index (χ3n) is 4.52. The Morgan fingerprint density at radius 3 is 2.64 bits per heavy atom. The van der Waals surface area contributed by atoms with Crippen molar-refractivity contribution in [1.29, 1.82) is 0 Å². The van der Waals surface area contributed by atoms with Gasteiger partial charge in [-0.1, -0.05) is 6.92 Å². The van der Waals surface area contributed by atoms with Crippen molar-refractivity contribution < 1.29 is 4.79 Å². The first kappa shape index (κ1) is 15.1. The first-order valence-electron chi connectivity index (χ1n) is 8.32. The van der Waals surface area contributed by atoms with Gasteiger partial charge < -0.3 is 15.1 Å². The SMILES string of the molecule is CCc1cc(NC2CCN(C)C2=O)nc(N2CCCCC2)n1. The molecule has 0 spiro atoms. The molecule has 2 saturated heterocycles. The Hall–Kier alpha value is -1.85. The molecular formula is C16H25N5O. The van der Waals surface area contributed by atoms with Gasteiger partial charge in [-0.15, -0.1) is 0 Å². The Kier molecular flexibility index (Phi) is 4.45. The monoisotopic (exact) mass is 303 g/mol. The molecule has 6 nitrogen and oxygen atoms in total. The number of nitrogens with zero attached hydrogens (tertiary/aromatic N) is 4. The number of carbonyl (C=O) groups is 1. The van der Waals surface area contributed by atoms with Gasteiger partial charge in [0.25, 0.3) is 0 Å². The Bertz CT molecular complexity index is 541. The third kappa shape index (κ3) is 3.15. The van der Waals surface area contributed by atoms with Gasteiger partial charge in [0.1, 0.15) is 11.9 Å². The lowest BCUT2D eigenvalue weighted by Crippen LogP contribution is -2.33. The van der Waals surface area contributed by atoms with Gasteiger partial charge in [-0.3, -0.25) is 4.79 Å². The van der Waals surface area contributed by atoms with Crippen LogP contribution in [-0.2, 0) is 11.2 Å². The van der Waals surface area contributed by atoms with E-state index in [-0.39, 0.29) is 11.9 Å². The number of aryl methyl sites for hydroxylation is 1. The van der Waals surface area contributed by atoms with Crippen molar-refractivity contribution in [2.75, 3.05) is 36.9 Å². The van der Waals surface area contributed by atoms with E-state index in [2.05, 4.69) is 27.1 Å². The molecule has 3 rings (SSSR count). The molecule has 1 aromatic heterocycles. The number of hydrogen-bond donors (Lipinski definition) is 1. The fourth-order valence-electron chi connectivity index (χ4n) is 3.11. The van der Waals surface area contributed by atoms with Crippen LogP contribution in [0.2, 0.25) is 0 Å². The number of likely N-dealkylation sites (tertiary alicyclic amines) is 1. The molecule has 6 heteroatoms. The zero-order valence-electron chi connectivity index (χ0n) is 13.5. The van der Waals surface area contributed by atoms with Crippen molar-refractivity contribution in [2.24, 2.45) is 0 Å². The van der Waals surface area contributed by atoms with Crippen LogP contribution in [0, 0.1) is 0 Å². The van der Waals surface area contributed by atoms with Gasteiger partial charge in [0.05, 0.1) is 0 Å². The normalized spacial score (nSPS) is 22.3. The lowest BCUT2D eigenvalue weighted by atomic mass is 10.1. The van der Waals surface area contributed by atoms with Gasteiger partial charge in [-0.2, -0.15) is 4.98 Å². The number of aromatic nitrogens is 2. The number of hydrogen-bond acceptors (Lipinski definition) is 5. The summed E-state index contributed by atoms with van der Waals surface area (Å²) in [6.07, 6.45) is 5.40. The summed E-state index contributed by atoms with van der Waals surface area (Å²) in [5, 5.41) is 3.31. The zero-order chi connectivity index (χ0) is 15.5. The number of carbonyl (C=O) groups excluding carboxylic acids is 1. The minimum absolute atomic E-state index is 0.149. The smallest absolute Gasteiger partial charge is 0.244 e. The second kappa shape index (κ2) is 6.50. The predicted molar refractivity (Wildman–Crippen MR) is 87.1 cm³/mol. The van der Waals surface area contributed by atoms with E-state index in [9.17, 15) is 4.79 Å². The van der Waals surface area contributed by atoms with Gasteiger partial charge in [0, 0.05) is 38.4 Å². The number of anilines is 2. The van der Waals surface area contributed by atoms with Gasteiger partial charge in [0.15, 0.2) is 0 Å². The fraction of sp³-hybridized carbons (Fsp3) is 0.688. The van der Waals surface area contributed by atoms with Gasteiger partial charge >= 0.3 is 0 Å². The van der Waals surface area contributed by atoms with Crippen molar-refractivity contribution in [3.8, 4) is 0 Å². The van der Waals surface area contributed by atoms with E-state index in [1.54, 1.807) is 4.90 Å². The molecule has 2 aliphatic rings. The van der Waals surface area contributed by atoms with Crippen LogP contribution in [0.15, 0.2) is 6.07 Å². The minimum atomic E-state index is -0.154. The molecule has 1 unspecified atom stereocenters. The Morgan fingerprint density at radius 2 is 2.00 bits per heavy atom. The molecule has 1 amide bonds. The van der Waals surface area contributed by atoms with Crippen molar-refractivity contribution in [3.63, 3.8) is 0 Å². The predicted octanol–water partition coefficient (Wildman–Crippen LogP) is 1.67. The Balaban J connectivity index is 1.79. The molecule has 1 atom stereocenters. The number of nitrogens with one attached hydrogen (secondary N) is 1. The van der Waals surface area contributed by atoms with Gasteiger partial charge in [-0.25, -0.2) is 4.98 Å². The summed E-state index contributed by atoms with van der Waals surface area (Å²) in [6.45, 7) is 4.96. The van der Waals surface area contributed by atoms with E-state index in [0.29, 0.717) is 0 Å². The summed E-state index contributed by atoms with van der Waals surface area (Å²) in [7, 11) is 1.85. The number of likely N-dealkylation sites (N-methyl/N-ethyl adjacent to an activating group) is 1. The molecule has 2 aliphatic heterocycles. The maximum absolute atomic E-state index is 12.1. The summed E-state index contributed by atoms with van der Waals surface area (Å²) in [5.41, 5.74) is 1.02. The molecular weight excluding hydrogens is 278 g/mol. The van der Waals surface area contributed by atoms with Crippen LogP contribution < -0.4 is 10.2 Å². The molecule has 0 aliphatic carbocycles. The van der Waals surface area contributed by atoms with Crippen LogP contribution in [0.3, 0.4) is 0 Å². The first-order valence-corrected chi connectivity index (χ1v) is 8.32. The second-order valence-corrected chi connectivity index (χ2v) is 6.19. The molecule has 0 radical (unpaired) electrons. The van der Waals surface area contributed by atoms with E-state index in [1.807, 2.05) is 13.1 Å². The molecule has 22 heavy (non-hydrogen) atoms. The van der Waals surface area contributed by atoms with Crippen molar-refractivity contribution in [1.82, 2.24) is 14.9 Å². The Labute approximate surface area is 131 Å². The topological polar surface area (TPSA) is 61.4 Å². The number of rotatable bonds is 4. The van der Waals surface area contributed by atoms with Crippen LogP contribution in [-0.4, -0.2) is 53.5 Å².